The molecule has 4 N–H and O–H groups in total. The van der Waals surface area contributed by atoms with E-state index in [4.69, 9.17) is 9.84 Å². The first-order valence-corrected chi connectivity index (χ1v) is 9.68. The number of allylic oxidation sites excluding steroid dienone is 1. The van der Waals surface area contributed by atoms with Crippen LogP contribution in [0.4, 0.5) is 0 Å². The summed E-state index contributed by atoms with van der Waals surface area (Å²) in [6.07, 6.45) is 10.2. The first-order valence-electron chi connectivity index (χ1n) is 9.68. The number of hydrogen-bond acceptors (Lipinski definition) is 5. The predicted molar refractivity (Wildman–Crippen MR) is 99.8 cm³/mol. The fourth-order valence-electron chi connectivity index (χ4n) is 2.96. The van der Waals surface area contributed by atoms with Gasteiger partial charge in [0, 0.05) is 12.8 Å². The summed E-state index contributed by atoms with van der Waals surface area (Å²) in [5.74, 6) is -0.882. The van der Waals surface area contributed by atoms with Gasteiger partial charge in [0.15, 0.2) is 0 Å². The third-order valence-electron chi connectivity index (χ3n) is 4.55. The van der Waals surface area contributed by atoms with Crippen LogP contribution in [0.3, 0.4) is 0 Å². The first-order chi connectivity index (χ1) is 12.4. The van der Waals surface area contributed by atoms with E-state index in [1.165, 1.54) is 18.9 Å². The van der Waals surface area contributed by atoms with Crippen molar-refractivity contribution in [2.45, 2.75) is 95.2 Å². The Labute approximate surface area is 156 Å². The lowest BCUT2D eigenvalue weighted by molar-refractivity contribution is -0.137. The lowest BCUT2D eigenvalue weighted by Gasteiger charge is -2.16. The fraction of sp³-hybridized carbons (Fsp3) is 0.750. The highest BCUT2D eigenvalue weighted by atomic mass is 16.5. The van der Waals surface area contributed by atoms with E-state index < -0.39 is 36.5 Å². The van der Waals surface area contributed by atoms with Crippen LogP contribution < -0.4 is 0 Å². The van der Waals surface area contributed by atoms with Gasteiger partial charge in [0.1, 0.15) is 6.10 Å². The second-order valence-corrected chi connectivity index (χ2v) is 6.95. The molecule has 0 saturated carbocycles. The molecule has 0 amide bonds. The zero-order valence-corrected chi connectivity index (χ0v) is 15.7. The minimum absolute atomic E-state index is 0.0215. The van der Waals surface area contributed by atoms with Gasteiger partial charge in [-0.1, -0.05) is 44.1 Å². The molecule has 6 nitrogen and oxygen atoms in total. The van der Waals surface area contributed by atoms with Gasteiger partial charge in [0.05, 0.1) is 24.4 Å². The SMILES string of the molecule is CCCCC/C=C\C[C@H](O)[C@@H]1C[C@H](O)[C@@H](/C=C/[C@H](O)CCCC(=O)O)O1. The van der Waals surface area contributed by atoms with Gasteiger partial charge in [-0.2, -0.15) is 0 Å². The van der Waals surface area contributed by atoms with Crippen LogP contribution in [0.25, 0.3) is 0 Å². The Hall–Kier alpha value is -1.21. The molecule has 0 aliphatic carbocycles. The zero-order valence-electron chi connectivity index (χ0n) is 15.7. The van der Waals surface area contributed by atoms with Crippen molar-refractivity contribution in [1.29, 1.82) is 0 Å². The summed E-state index contributed by atoms with van der Waals surface area (Å²) in [7, 11) is 0. The van der Waals surface area contributed by atoms with Crippen LogP contribution in [0.5, 0.6) is 0 Å². The van der Waals surface area contributed by atoms with Crippen molar-refractivity contribution in [1.82, 2.24) is 0 Å². The molecule has 1 fully saturated rings. The third kappa shape index (κ3) is 9.48. The number of ether oxygens (including phenoxy) is 1. The maximum Gasteiger partial charge on any atom is 0.303 e. The molecule has 1 heterocycles. The average molecular weight is 370 g/mol. The summed E-state index contributed by atoms with van der Waals surface area (Å²) in [4.78, 5) is 10.5. The molecule has 1 aliphatic rings. The minimum atomic E-state index is -0.882. The molecule has 6 heteroatoms. The molecule has 0 spiro atoms. The molecule has 0 unspecified atom stereocenters. The Morgan fingerprint density at radius 1 is 1.23 bits per heavy atom. The maximum atomic E-state index is 10.5. The van der Waals surface area contributed by atoms with Gasteiger partial charge in [-0.15, -0.1) is 0 Å². The number of carbonyl (C=O) groups is 1. The molecule has 1 saturated heterocycles. The molecule has 0 aromatic heterocycles. The lowest BCUT2D eigenvalue weighted by atomic mass is 10.0. The van der Waals surface area contributed by atoms with Gasteiger partial charge in [-0.25, -0.2) is 0 Å². The van der Waals surface area contributed by atoms with Gasteiger partial charge in [-0.05, 0) is 32.1 Å². The molecular formula is C20H34O6. The number of carboxylic acids is 1. The maximum absolute atomic E-state index is 10.5. The Balaban J connectivity index is 2.32. The third-order valence-corrected chi connectivity index (χ3v) is 4.55. The molecule has 1 rings (SSSR count). The number of aliphatic hydroxyl groups is 3. The van der Waals surface area contributed by atoms with E-state index in [0.29, 0.717) is 25.7 Å². The van der Waals surface area contributed by atoms with Crippen molar-refractivity contribution < 1.29 is 30.0 Å². The Kier molecular flexibility index (Phi) is 11.4. The molecule has 1 aliphatic heterocycles. The number of carboxylic acid groups (broad SMARTS) is 1. The van der Waals surface area contributed by atoms with E-state index >= 15 is 0 Å². The van der Waals surface area contributed by atoms with Crippen LogP contribution in [0, 0.1) is 0 Å². The molecule has 0 aromatic carbocycles. The smallest absolute Gasteiger partial charge is 0.303 e. The standard InChI is InChI=1S/C20H34O6/c1-2-3-4-5-6-7-10-16(22)19-14-17(23)18(26-19)13-12-15(21)9-8-11-20(24)25/h6-7,12-13,15-19,21-23H,2-5,8-11,14H2,1H3,(H,24,25)/b7-6-,13-12+/t15-,16+,17+,18-,19+/m1/s1. The summed E-state index contributed by atoms with van der Waals surface area (Å²) in [6.45, 7) is 2.16. The normalized spacial score (nSPS) is 25.9. The van der Waals surface area contributed by atoms with E-state index in [1.54, 1.807) is 6.08 Å². The molecule has 150 valence electrons. The molecule has 0 bridgehead atoms. The largest absolute Gasteiger partial charge is 0.481 e. The number of rotatable bonds is 13. The summed E-state index contributed by atoms with van der Waals surface area (Å²) in [5.41, 5.74) is 0. The molecule has 0 radical (unpaired) electrons. The Bertz CT molecular complexity index is 448. The van der Waals surface area contributed by atoms with Crippen molar-refractivity contribution in [3.63, 3.8) is 0 Å². The fourth-order valence-corrected chi connectivity index (χ4v) is 2.96. The van der Waals surface area contributed by atoms with E-state index in [9.17, 15) is 20.1 Å². The van der Waals surface area contributed by atoms with Crippen LogP contribution >= 0.6 is 0 Å². The Morgan fingerprint density at radius 2 is 2.00 bits per heavy atom. The van der Waals surface area contributed by atoms with E-state index in [1.807, 2.05) is 6.08 Å². The minimum Gasteiger partial charge on any atom is -0.481 e. The summed E-state index contributed by atoms with van der Waals surface area (Å²) in [6, 6.07) is 0. The number of unbranched alkanes of at least 4 members (excludes halogenated alkanes) is 3. The number of aliphatic carboxylic acids is 1. The topological polar surface area (TPSA) is 107 Å². The van der Waals surface area contributed by atoms with Crippen LogP contribution in [0.15, 0.2) is 24.3 Å². The van der Waals surface area contributed by atoms with Gasteiger partial charge < -0.3 is 25.2 Å². The van der Waals surface area contributed by atoms with Crippen molar-refractivity contribution >= 4 is 5.97 Å². The van der Waals surface area contributed by atoms with Crippen LogP contribution in [-0.4, -0.2) is 56.9 Å². The molecule has 5 atom stereocenters. The second-order valence-electron chi connectivity index (χ2n) is 6.95. The van der Waals surface area contributed by atoms with Crippen molar-refractivity contribution in [3.05, 3.63) is 24.3 Å². The van der Waals surface area contributed by atoms with Crippen LogP contribution in [-0.2, 0) is 9.53 Å². The summed E-state index contributed by atoms with van der Waals surface area (Å²) in [5, 5.41) is 38.7. The van der Waals surface area contributed by atoms with Crippen molar-refractivity contribution in [2.24, 2.45) is 0 Å². The summed E-state index contributed by atoms with van der Waals surface area (Å²) < 4.78 is 5.70. The highest BCUT2D eigenvalue weighted by Crippen LogP contribution is 2.25. The number of aliphatic hydroxyl groups excluding tert-OH is 3. The monoisotopic (exact) mass is 370 g/mol. The quantitative estimate of drug-likeness (QED) is 0.293. The summed E-state index contributed by atoms with van der Waals surface area (Å²) >= 11 is 0. The van der Waals surface area contributed by atoms with Crippen molar-refractivity contribution in [3.8, 4) is 0 Å². The Morgan fingerprint density at radius 3 is 2.69 bits per heavy atom. The number of hydrogen-bond donors (Lipinski definition) is 4. The highest BCUT2D eigenvalue weighted by molar-refractivity contribution is 5.66. The van der Waals surface area contributed by atoms with Gasteiger partial charge in [-0.3, -0.25) is 4.79 Å². The van der Waals surface area contributed by atoms with Crippen molar-refractivity contribution in [2.75, 3.05) is 0 Å². The van der Waals surface area contributed by atoms with Crippen LogP contribution in [0.2, 0.25) is 0 Å². The predicted octanol–water partition coefficient (Wildman–Crippen LogP) is 2.56. The zero-order chi connectivity index (χ0) is 19.4. The van der Waals surface area contributed by atoms with Crippen LogP contribution in [0.1, 0.15) is 64.7 Å². The first kappa shape index (κ1) is 22.8. The second kappa shape index (κ2) is 13.0. The molecule has 26 heavy (non-hydrogen) atoms. The molecular weight excluding hydrogens is 336 g/mol. The van der Waals surface area contributed by atoms with E-state index in [0.717, 1.165) is 12.8 Å². The molecule has 0 aromatic rings. The van der Waals surface area contributed by atoms with Gasteiger partial charge in [0.2, 0.25) is 0 Å². The average Bonchev–Trinajstić information content (AvgIpc) is 2.96. The van der Waals surface area contributed by atoms with Gasteiger partial charge >= 0.3 is 5.97 Å². The van der Waals surface area contributed by atoms with Gasteiger partial charge in [0.25, 0.3) is 0 Å². The van der Waals surface area contributed by atoms with E-state index in [-0.39, 0.29) is 6.42 Å². The highest BCUT2D eigenvalue weighted by Gasteiger charge is 2.35. The lowest BCUT2D eigenvalue weighted by Crippen LogP contribution is -2.25. The van der Waals surface area contributed by atoms with E-state index in [2.05, 4.69) is 13.0 Å².